The van der Waals surface area contributed by atoms with Gasteiger partial charge >= 0.3 is 0 Å². The van der Waals surface area contributed by atoms with Crippen LogP contribution in [0.15, 0.2) is 12.1 Å². The molecule has 0 unspecified atom stereocenters. The lowest BCUT2D eigenvalue weighted by molar-refractivity contribution is 0.380. The smallest absolute Gasteiger partial charge is 0.200 e. The Hall–Kier alpha value is -2.91. The topological polar surface area (TPSA) is 0 Å². The van der Waals surface area contributed by atoms with Crippen molar-refractivity contribution in [3.63, 3.8) is 0 Å². The summed E-state index contributed by atoms with van der Waals surface area (Å²) in [6.45, 7) is 4.60. The second-order valence-corrected chi connectivity index (χ2v) is 7.71. The Kier molecular flexibility index (Phi) is 5.40. The standard InChI is InChI=1S/C21H11F10/c1-21(2,3)6-4-7(9-11(22)15(26)19(30)16(27)12(9)23)8(5-6)10-13(24)17(28)20(31)18(29)14(10)25/h4-5H,1-3H3/q-1. The van der Waals surface area contributed by atoms with E-state index < -0.39 is 85.8 Å². The first-order valence-corrected chi connectivity index (χ1v) is 8.54. The van der Waals surface area contributed by atoms with Gasteiger partial charge in [-0.3, -0.25) is 0 Å². The lowest BCUT2D eigenvalue weighted by atomic mass is 9.88. The van der Waals surface area contributed by atoms with E-state index >= 15 is 0 Å². The summed E-state index contributed by atoms with van der Waals surface area (Å²) in [6.07, 6.45) is 0. The third kappa shape index (κ3) is 3.37. The van der Waals surface area contributed by atoms with Crippen molar-refractivity contribution in [3.8, 4) is 22.3 Å². The van der Waals surface area contributed by atoms with Crippen LogP contribution >= 0.6 is 0 Å². The Morgan fingerprint density at radius 3 is 0.903 bits per heavy atom. The second-order valence-electron chi connectivity index (χ2n) is 7.71. The SMILES string of the molecule is CC(C)(C)[c-]1cc(-c2c(F)c(F)c(F)c(F)c2F)c(-c2c(F)c(F)c(F)c(F)c2F)c1. The minimum absolute atomic E-state index is 0.0744. The van der Waals surface area contributed by atoms with Gasteiger partial charge < -0.3 is 0 Å². The summed E-state index contributed by atoms with van der Waals surface area (Å²) in [4.78, 5) is 0. The van der Waals surface area contributed by atoms with Crippen LogP contribution in [0.1, 0.15) is 26.3 Å². The average Bonchev–Trinajstić information content (AvgIpc) is 3.13. The van der Waals surface area contributed by atoms with Crippen molar-refractivity contribution in [1.29, 1.82) is 0 Å². The second kappa shape index (κ2) is 7.35. The van der Waals surface area contributed by atoms with Crippen LogP contribution in [0.25, 0.3) is 22.3 Å². The van der Waals surface area contributed by atoms with Crippen molar-refractivity contribution in [2.45, 2.75) is 26.2 Å². The molecule has 0 heterocycles. The van der Waals surface area contributed by atoms with Crippen molar-refractivity contribution in [3.05, 3.63) is 75.9 Å². The van der Waals surface area contributed by atoms with Crippen molar-refractivity contribution in [2.24, 2.45) is 0 Å². The summed E-state index contributed by atoms with van der Waals surface area (Å²) in [5, 5.41) is 0. The van der Waals surface area contributed by atoms with Crippen molar-refractivity contribution in [2.75, 3.05) is 0 Å². The molecule has 0 saturated carbocycles. The first-order chi connectivity index (χ1) is 14.2. The van der Waals surface area contributed by atoms with Gasteiger partial charge in [0, 0.05) is 0 Å². The highest BCUT2D eigenvalue weighted by atomic mass is 19.2. The molecule has 0 N–H and O–H groups in total. The van der Waals surface area contributed by atoms with E-state index in [0.717, 1.165) is 12.1 Å². The Morgan fingerprint density at radius 2 is 0.677 bits per heavy atom. The van der Waals surface area contributed by atoms with Crippen LogP contribution in [0.3, 0.4) is 0 Å². The lowest BCUT2D eigenvalue weighted by Gasteiger charge is -2.22. The van der Waals surface area contributed by atoms with Crippen molar-refractivity contribution in [1.82, 2.24) is 0 Å². The summed E-state index contributed by atoms with van der Waals surface area (Å²) >= 11 is 0. The van der Waals surface area contributed by atoms with Crippen LogP contribution in [0.2, 0.25) is 0 Å². The molecule has 3 aromatic carbocycles. The van der Waals surface area contributed by atoms with E-state index in [2.05, 4.69) is 0 Å². The zero-order valence-electron chi connectivity index (χ0n) is 15.9. The highest BCUT2D eigenvalue weighted by Crippen LogP contribution is 2.44. The molecule has 3 aromatic rings. The van der Waals surface area contributed by atoms with E-state index in [-0.39, 0.29) is 5.56 Å². The summed E-state index contributed by atoms with van der Waals surface area (Å²) < 4.78 is 139. The molecule has 0 bridgehead atoms. The van der Waals surface area contributed by atoms with Gasteiger partial charge in [-0.1, -0.05) is 26.2 Å². The molecule has 0 atom stereocenters. The molecule has 0 spiro atoms. The molecule has 31 heavy (non-hydrogen) atoms. The zero-order chi connectivity index (χ0) is 23.6. The Balaban J connectivity index is 2.52. The maximum atomic E-state index is 14.4. The van der Waals surface area contributed by atoms with E-state index in [0.29, 0.717) is 0 Å². The van der Waals surface area contributed by atoms with Gasteiger partial charge in [-0.2, -0.15) is 28.8 Å². The third-order valence-electron chi connectivity index (χ3n) is 4.71. The predicted octanol–water partition coefficient (Wildman–Crippen LogP) is 7.43. The molecule has 0 saturated heterocycles. The van der Waals surface area contributed by atoms with E-state index in [1.807, 2.05) is 0 Å². The summed E-state index contributed by atoms with van der Waals surface area (Å²) in [5.74, 6) is -23.6. The van der Waals surface area contributed by atoms with Gasteiger partial charge in [0.1, 0.15) is 0 Å². The molecule has 0 nitrogen and oxygen atoms in total. The summed E-state index contributed by atoms with van der Waals surface area (Å²) in [6, 6.07) is 1.73. The average molecular weight is 453 g/mol. The minimum atomic E-state index is -2.47. The van der Waals surface area contributed by atoms with Crippen LogP contribution in [-0.4, -0.2) is 0 Å². The largest absolute Gasteiger partial charge is 0.204 e. The van der Waals surface area contributed by atoms with Gasteiger partial charge in [0.2, 0.25) is 0 Å². The van der Waals surface area contributed by atoms with Gasteiger partial charge in [0.25, 0.3) is 0 Å². The predicted molar refractivity (Wildman–Crippen MR) is 91.2 cm³/mol. The molecule has 10 heteroatoms. The van der Waals surface area contributed by atoms with Gasteiger partial charge in [-0.15, -0.1) is 0 Å². The number of hydrogen-bond acceptors (Lipinski definition) is 0. The van der Waals surface area contributed by atoms with Gasteiger partial charge in [-0.25, -0.2) is 43.9 Å². The maximum absolute atomic E-state index is 14.4. The fraction of sp³-hybridized carbons (Fsp3) is 0.190. The first-order valence-electron chi connectivity index (χ1n) is 8.54. The molecule has 0 amide bonds. The minimum Gasteiger partial charge on any atom is -0.204 e. The van der Waals surface area contributed by atoms with Crippen LogP contribution in [-0.2, 0) is 5.41 Å². The molecule has 0 aromatic heterocycles. The normalized spacial score (nSPS) is 12.0. The Bertz CT molecular complexity index is 1070. The molecule has 166 valence electrons. The van der Waals surface area contributed by atoms with Gasteiger partial charge in [0.05, 0.1) is 0 Å². The maximum Gasteiger partial charge on any atom is 0.200 e. The highest BCUT2D eigenvalue weighted by molar-refractivity contribution is 5.87. The van der Waals surface area contributed by atoms with E-state index in [1.54, 1.807) is 0 Å². The van der Waals surface area contributed by atoms with Gasteiger partial charge in [-0.05, 0) is 11.1 Å². The van der Waals surface area contributed by atoms with Gasteiger partial charge in [0.15, 0.2) is 58.2 Å². The molecule has 3 rings (SSSR count). The molecular formula is C21H11F10-. The Labute approximate surface area is 169 Å². The first kappa shape index (κ1) is 22.8. The zero-order valence-corrected chi connectivity index (χ0v) is 15.9. The molecule has 0 aliphatic rings. The van der Waals surface area contributed by atoms with E-state index in [9.17, 15) is 43.9 Å². The molecule has 0 fully saturated rings. The monoisotopic (exact) mass is 453 g/mol. The third-order valence-corrected chi connectivity index (χ3v) is 4.71. The number of hydrogen-bond donors (Lipinski definition) is 0. The molecule has 0 radical (unpaired) electrons. The molecule has 0 aliphatic carbocycles. The lowest BCUT2D eigenvalue weighted by Crippen LogP contribution is -2.09. The summed E-state index contributed by atoms with van der Waals surface area (Å²) in [5.41, 5.74) is -5.81. The number of benzene rings is 2. The van der Waals surface area contributed by atoms with Crippen LogP contribution in [0.4, 0.5) is 43.9 Å². The Morgan fingerprint density at radius 1 is 0.452 bits per heavy atom. The van der Waals surface area contributed by atoms with Crippen molar-refractivity contribution >= 4 is 0 Å². The molecular weight excluding hydrogens is 442 g/mol. The fourth-order valence-corrected chi connectivity index (χ4v) is 3.04. The van der Waals surface area contributed by atoms with Crippen LogP contribution in [0, 0.1) is 58.2 Å². The van der Waals surface area contributed by atoms with Crippen molar-refractivity contribution < 1.29 is 43.9 Å². The molecule has 0 aliphatic heterocycles. The quantitative estimate of drug-likeness (QED) is 0.164. The van der Waals surface area contributed by atoms with E-state index in [1.165, 1.54) is 20.8 Å². The van der Waals surface area contributed by atoms with Crippen LogP contribution in [0.5, 0.6) is 0 Å². The highest BCUT2D eigenvalue weighted by Gasteiger charge is 2.29. The van der Waals surface area contributed by atoms with Crippen LogP contribution < -0.4 is 0 Å². The fourth-order valence-electron chi connectivity index (χ4n) is 3.04. The van der Waals surface area contributed by atoms with E-state index in [4.69, 9.17) is 0 Å². The number of halogens is 10. The summed E-state index contributed by atoms with van der Waals surface area (Å²) in [7, 11) is 0. The number of rotatable bonds is 2.